The molecule has 2 aromatic carbocycles. The molecule has 1 aromatic heterocycles. The van der Waals surface area contributed by atoms with Gasteiger partial charge in [0.2, 0.25) is 0 Å². The molecular formula is C21H23N5. The number of imidazole rings is 1. The Kier molecular flexibility index (Phi) is 4.69. The molecule has 0 bridgehead atoms. The number of nitrogens with zero attached hydrogens (tertiary/aromatic N) is 3. The summed E-state index contributed by atoms with van der Waals surface area (Å²) < 4.78 is 2.05. The van der Waals surface area contributed by atoms with Crippen LogP contribution in [-0.4, -0.2) is 15.5 Å². The van der Waals surface area contributed by atoms with Crippen LogP contribution in [0.2, 0.25) is 0 Å². The standard InChI is InChI=1S/C21H23N5/c22-21(25-20-8-7-18-5-2-6-19(18)12-20)24-13-16-3-1-4-17(11-16)14-26-10-9-23-15-26/h1,3-4,7-12,15H,2,5-6,13-14H2,(H3,22,24,25). The zero-order valence-electron chi connectivity index (χ0n) is 14.7. The summed E-state index contributed by atoms with van der Waals surface area (Å²) in [5.41, 5.74) is 12.3. The maximum Gasteiger partial charge on any atom is 0.193 e. The maximum atomic E-state index is 6.07. The van der Waals surface area contributed by atoms with Crippen LogP contribution in [0, 0.1) is 0 Å². The smallest absolute Gasteiger partial charge is 0.193 e. The predicted octanol–water partition coefficient (Wildman–Crippen LogP) is 3.35. The minimum absolute atomic E-state index is 0.447. The number of hydrogen-bond donors (Lipinski definition) is 2. The highest BCUT2D eigenvalue weighted by Crippen LogP contribution is 2.24. The zero-order chi connectivity index (χ0) is 17.8. The summed E-state index contributed by atoms with van der Waals surface area (Å²) in [6.45, 7) is 1.36. The number of aryl methyl sites for hydroxylation is 2. The van der Waals surface area contributed by atoms with Crippen LogP contribution in [0.25, 0.3) is 0 Å². The lowest BCUT2D eigenvalue weighted by atomic mass is 10.1. The van der Waals surface area contributed by atoms with Crippen LogP contribution >= 0.6 is 0 Å². The van der Waals surface area contributed by atoms with Gasteiger partial charge in [0, 0.05) is 24.6 Å². The van der Waals surface area contributed by atoms with E-state index in [1.807, 2.05) is 17.1 Å². The number of nitrogens with two attached hydrogens (primary N) is 1. The van der Waals surface area contributed by atoms with Crippen LogP contribution in [0.3, 0.4) is 0 Å². The number of hydrogen-bond acceptors (Lipinski definition) is 2. The summed E-state index contributed by atoms with van der Waals surface area (Å²) in [6, 6.07) is 14.9. The van der Waals surface area contributed by atoms with Crippen molar-refractivity contribution in [2.45, 2.75) is 32.4 Å². The average molecular weight is 345 g/mol. The third-order valence-electron chi connectivity index (χ3n) is 4.72. The van der Waals surface area contributed by atoms with Gasteiger partial charge in [0.15, 0.2) is 5.96 Å². The van der Waals surface area contributed by atoms with Crippen molar-refractivity contribution < 1.29 is 0 Å². The first-order chi connectivity index (χ1) is 12.8. The van der Waals surface area contributed by atoms with Crippen LogP contribution in [0.15, 0.2) is 66.2 Å². The van der Waals surface area contributed by atoms with E-state index in [1.54, 1.807) is 6.20 Å². The quantitative estimate of drug-likeness (QED) is 0.550. The second-order valence-electron chi connectivity index (χ2n) is 6.72. The van der Waals surface area contributed by atoms with Crippen molar-refractivity contribution in [1.29, 1.82) is 0 Å². The second kappa shape index (κ2) is 7.44. The van der Waals surface area contributed by atoms with Crippen molar-refractivity contribution in [3.05, 3.63) is 83.4 Å². The van der Waals surface area contributed by atoms with E-state index >= 15 is 0 Å². The third-order valence-corrected chi connectivity index (χ3v) is 4.72. The second-order valence-corrected chi connectivity index (χ2v) is 6.72. The molecule has 1 aliphatic rings. The fourth-order valence-electron chi connectivity index (χ4n) is 3.43. The molecule has 0 fully saturated rings. The minimum atomic E-state index is 0.447. The van der Waals surface area contributed by atoms with Crippen LogP contribution in [0.5, 0.6) is 0 Å². The van der Waals surface area contributed by atoms with Gasteiger partial charge in [-0.25, -0.2) is 9.98 Å². The summed E-state index contributed by atoms with van der Waals surface area (Å²) >= 11 is 0. The summed E-state index contributed by atoms with van der Waals surface area (Å²) in [6.07, 6.45) is 9.17. The Labute approximate surface area is 153 Å². The maximum absolute atomic E-state index is 6.07. The Morgan fingerprint density at radius 3 is 2.88 bits per heavy atom. The number of anilines is 1. The van der Waals surface area contributed by atoms with Gasteiger partial charge < -0.3 is 15.6 Å². The summed E-state index contributed by atoms with van der Waals surface area (Å²) in [4.78, 5) is 8.56. The molecule has 0 atom stereocenters. The number of benzene rings is 2. The van der Waals surface area contributed by atoms with Gasteiger partial charge in [0.1, 0.15) is 0 Å². The van der Waals surface area contributed by atoms with Gasteiger partial charge in [-0.1, -0.05) is 30.3 Å². The van der Waals surface area contributed by atoms with Gasteiger partial charge >= 0.3 is 0 Å². The Hall–Kier alpha value is -3.08. The molecule has 4 rings (SSSR count). The van der Waals surface area contributed by atoms with Gasteiger partial charge in [0.05, 0.1) is 12.9 Å². The summed E-state index contributed by atoms with van der Waals surface area (Å²) in [5, 5.41) is 3.21. The number of nitrogens with one attached hydrogen (secondary N) is 1. The number of rotatable bonds is 5. The van der Waals surface area contributed by atoms with E-state index in [1.165, 1.54) is 29.5 Å². The van der Waals surface area contributed by atoms with Crippen molar-refractivity contribution in [3.8, 4) is 0 Å². The first-order valence-electron chi connectivity index (χ1n) is 8.98. The van der Waals surface area contributed by atoms with Crippen LogP contribution < -0.4 is 11.1 Å². The number of aliphatic imine (C=N–C) groups is 1. The first kappa shape index (κ1) is 16.4. The molecule has 26 heavy (non-hydrogen) atoms. The Bertz CT molecular complexity index is 912. The van der Waals surface area contributed by atoms with Gasteiger partial charge in [-0.05, 0) is 53.6 Å². The van der Waals surface area contributed by atoms with Crippen LogP contribution in [0.1, 0.15) is 28.7 Å². The highest BCUT2D eigenvalue weighted by atomic mass is 15.1. The summed E-state index contributed by atoms with van der Waals surface area (Å²) in [7, 11) is 0. The molecule has 1 heterocycles. The van der Waals surface area contributed by atoms with E-state index < -0.39 is 0 Å². The molecule has 5 heteroatoms. The Morgan fingerprint density at radius 1 is 1.12 bits per heavy atom. The molecule has 5 nitrogen and oxygen atoms in total. The lowest BCUT2D eigenvalue weighted by Crippen LogP contribution is -2.22. The molecule has 0 saturated carbocycles. The van der Waals surface area contributed by atoms with E-state index in [4.69, 9.17) is 5.73 Å². The number of fused-ring (bicyclic) bond motifs is 1. The molecule has 0 amide bonds. The van der Waals surface area contributed by atoms with Gasteiger partial charge in [0.25, 0.3) is 0 Å². The zero-order valence-corrected chi connectivity index (χ0v) is 14.7. The summed E-state index contributed by atoms with van der Waals surface area (Å²) in [5.74, 6) is 0.447. The lowest BCUT2D eigenvalue weighted by molar-refractivity contribution is 0.795. The van der Waals surface area contributed by atoms with E-state index in [0.717, 1.165) is 24.2 Å². The third kappa shape index (κ3) is 3.94. The SMILES string of the molecule is NC(=NCc1cccc(Cn2ccnc2)c1)Nc1ccc2c(c1)CCC2. The number of guanidine groups is 1. The Balaban J connectivity index is 1.39. The van der Waals surface area contributed by atoms with Crippen molar-refractivity contribution in [3.63, 3.8) is 0 Å². The predicted molar refractivity (Wildman–Crippen MR) is 105 cm³/mol. The highest BCUT2D eigenvalue weighted by molar-refractivity contribution is 5.92. The van der Waals surface area contributed by atoms with E-state index in [0.29, 0.717) is 12.5 Å². The normalized spacial score (nSPS) is 13.6. The molecule has 132 valence electrons. The molecule has 3 aromatic rings. The highest BCUT2D eigenvalue weighted by Gasteiger charge is 2.10. The molecule has 0 saturated heterocycles. The largest absolute Gasteiger partial charge is 0.370 e. The lowest BCUT2D eigenvalue weighted by Gasteiger charge is -2.08. The van der Waals surface area contributed by atoms with Crippen LogP contribution in [-0.2, 0) is 25.9 Å². The van der Waals surface area contributed by atoms with E-state index in [2.05, 4.69) is 57.8 Å². The number of aromatic nitrogens is 2. The van der Waals surface area contributed by atoms with E-state index in [-0.39, 0.29) is 0 Å². The first-order valence-corrected chi connectivity index (χ1v) is 8.98. The fourth-order valence-corrected chi connectivity index (χ4v) is 3.43. The van der Waals surface area contributed by atoms with Crippen molar-refractivity contribution in [2.75, 3.05) is 5.32 Å². The van der Waals surface area contributed by atoms with Gasteiger partial charge in [-0.15, -0.1) is 0 Å². The minimum Gasteiger partial charge on any atom is -0.370 e. The van der Waals surface area contributed by atoms with Crippen molar-refractivity contribution in [2.24, 2.45) is 10.7 Å². The molecule has 1 aliphatic carbocycles. The molecular weight excluding hydrogens is 322 g/mol. The van der Waals surface area contributed by atoms with Crippen molar-refractivity contribution in [1.82, 2.24) is 9.55 Å². The van der Waals surface area contributed by atoms with Gasteiger partial charge in [-0.2, -0.15) is 0 Å². The van der Waals surface area contributed by atoms with Crippen LogP contribution in [0.4, 0.5) is 5.69 Å². The molecule has 0 spiro atoms. The topological polar surface area (TPSA) is 68.2 Å². The van der Waals surface area contributed by atoms with Gasteiger partial charge in [-0.3, -0.25) is 0 Å². The molecule has 0 unspecified atom stereocenters. The average Bonchev–Trinajstić information content (AvgIpc) is 3.31. The molecule has 3 N–H and O–H groups in total. The fraction of sp³-hybridized carbons (Fsp3) is 0.238. The Morgan fingerprint density at radius 2 is 2.00 bits per heavy atom. The van der Waals surface area contributed by atoms with E-state index in [9.17, 15) is 0 Å². The molecule has 0 aliphatic heterocycles. The van der Waals surface area contributed by atoms with Crippen molar-refractivity contribution >= 4 is 11.6 Å². The monoisotopic (exact) mass is 345 g/mol. The molecule has 0 radical (unpaired) electrons.